The number of ether oxygens (including phenoxy) is 1. The van der Waals surface area contributed by atoms with Crippen LogP contribution in [-0.2, 0) is 15.5 Å². The first-order valence-electron chi connectivity index (χ1n) is 5.92. The number of hydrogen-bond acceptors (Lipinski definition) is 4. The van der Waals surface area contributed by atoms with Gasteiger partial charge in [-0.15, -0.1) is 0 Å². The highest BCUT2D eigenvalue weighted by molar-refractivity contribution is 7.85. The van der Waals surface area contributed by atoms with Gasteiger partial charge in [-0.05, 0) is 45.0 Å². The van der Waals surface area contributed by atoms with E-state index in [1.54, 1.807) is 32.9 Å². The first-order valence-corrected chi connectivity index (χ1v) is 7.24. The Bertz CT molecular complexity index is 451. The molecular formula is C13H19NO4S. The summed E-state index contributed by atoms with van der Waals surface area (Å²) in [6, 6.07) is 6.15. The number of aromatic hydroxyl groups is 1. The van der Waals surface area contributed by atoms with Crippen molar-refractivity contribution >= 4 is 16.9 Å². The second kappa shape index (κ2) is 6.56. The standard InChI is InChI=1S/C13H19NO4S/c1-13(2,3)18-12(16)14-8-9-19(17)11-6-4-10(15)5-7-11/h4-7,15H,8-9H2,1-3H3,(H,14,16). The van der Waals surface area contributed by atoms with Crippen LogP contribution in [0.25, 0.3) is 0 Å². The highest BCUT2D eigenvalue weighted by Gasteiger charge is 2.15. The van der Waals surface area contributed by atoms with Crippen molar-refractivity contribution < 1.29 is 18.8 Å². The molecule has 0 aliphatic heterocycles. The molecule has 106 valence electrons. The topological polar surface area (TPSA) is 75.6 Å². The van der Waals surface area contributed by atoms with Crippen molar-refractivity contribution in [2.45, 2.75) is 31.3 Å². The summed E-state index contributed by atoms with van der Waals surface area (Å²) < 4.78 is 16.9. The first-order chi connectivity index (χ1) is 8.78. The molecule has 1 rings (SSSR count). The Labute approximate surface area is 115 Å². The molecule has 2 N–H and O–H groups in total. The predicted octanol–water partition coefficient (Wildman–Crippen LogP) is 2.02. The third-order valence-electron chi connectivity index (χ3n) is 2.06. The van der Waals surface area contributed by atoms with Gasteiger partial charge in [0.15, 0.2) is 0 Å². The van der Waals surface area contributed by atoms with Gasteiger partial charge in [-0.3, -0.25) is 4.21 Å². The van der Waals surface area contributed by atoms with Crippen LogP contribution in [-0.4, -0.2) is 33.3 Å². The van der Waals surface area contributed by atoms with E-state index in [-0.39, 0.29) is 12.3 Å². The van der Waals surface area contributed by atoms with Gasteiger partial charge in [0.05, 0.1) is 10.8 Å². The molecule has 0 spiro atoms. The molecule has 1 aromatic carbocycles. The average molecular weight is 285 g/mol. The smallest absolute Gasteiger partial charge is 0.407 e. The molecule has 1 amide bonds. The molecule has 0 fully saturated rings. The summed E-state index contributed by atoms with van der Waals surface area (Å²) in [5, 5.41) is 11.7. The van der Waals surface area contributed by atoms with Crippen molar-refractivity contribution in [1.29, 1.82) is 0 Å². The van der Waals surface area contributed by atoms with Gasteiger partial charge in [-0.25, -0.2) is 4.79 Å². The van der Waals surface area contributed by atoms with E-state index in [9.17, 15) is 9.00 Å². The van der Waals surface area contributed by atoms with E-state index >= 15 is 0 Å². The lowest BCUT2D eigenvalue weighted by molar-refractivity contribution is 0.0531. The summed E-state index contributed by atoms with van der Waals surface area (Å²) in [6.45, 7) is 5.60. The van der Waals surface area contributed by atoms with Crippen molar-refractivity contribution in [3.63, 3.8) is 0 Å². The van der Waals surface area contributed by atoms with E-state index in [4.69, 9.17) is 9.84 Å². The number of carbonyl (C=O) groups excluding carboxylic acids is 1. The Morgan fingerprint density at radius 1 is 1.32 bits per heavy atom. The van der Waals surface area contributed by atoms with Gasteiger partial charge in [0.25, 0.3) is 0 Å². The third-order valence-corrected chi connectivity index (χ3v) is 3.43. The number of hydrogen-bond donors (Lipinski definition) is 2. The summed E-state index contributed by atoms with van der Waals surface area (Å²) in [5.74, 6) is 0.428. The van der Waals surface area contributed by atoms with E-state index in [0.29, 0.717) is 10.6 Å². The van der Waals surface area contributed by atoms with Crippen LogP contribution >= 0.6 is 0 Å². The predicted molar refractivity (Wildman–Crippen MR) is 73.6 cm³/mol. The lowest BCUT2D eigenvalue weighted by atomic mass is 10.2. The summed E-state index contributed by atoms with van der Waals surface area (Å²) in [6.07, 6.45) is -0.518. The minimum absolute atomic E-state index is 0.132. The quantitative estimate of drug-likeness (QED) is 0.887. The molecule has 1 unspecified atom stereocenters. The maximum atomic E-state index is 11.9. The van der Waals surface area contributed by atoms with Gasteiger partial charge in [0.2, 0.25) is 0 Å². The second-order valence-electron chi connectivity index (χ2n) is 4.97. The van der Waals surface area contributed by atoms with Crippen LogP contribution in [0.3, 0.4) is 0 Å². The molecular weight excluding hydrogens is 266 g/mol. The number of nitrogens with one attached hydrogen (secondary N) is 1. The Morgan fingerprint density at radius 3 is 2.42 bits per heavy atom. The van der Waals surface area contributed by atoms with Crippen molar-refractivity contribution in [2.75, 3.05) is 12.3 Å². The molecule has 1 atom stereocenters. The van der Waals surface area contributed by atoms with Crippen molar-refractivity contribution in [1.82, 2.24) is 5.32 Å². The number of phenolic OH excluding ortho intramolecular Hbond substituents is 1. The fraction of sp³-hybridized carbons (Fsp3) is 0.462. The number of amides is 1. The molecule has 0 aliphatic rings. The number of rotatable bonds is 4. The van der Waals surface area contributed by atoms with E-state index in [1.165, 1.54) is 12.1 Å². The minimum atomic E-state index is -1.21. The van der Waals surface area contributed by atoms with Crippen LogP contribution in [0.15, 0.2) is 29.2 Å². The van der Waals surface area contributed by atoms with Crippen LogP contribution < -0.4 is 5.32 Å². The van der Waals surface area contributed by atoms with Gasteiger partial charge in [-0.1, -0.05) is 0 Å². The van der Waals surface area contributed by atoms with Crippen LogP contribution in [0.4, 0.5) is 4.79 Å². The minimum Gasteiger partial charge on any atom is -0.508 e. The van der Waals surface area contributed by atoms with Crippen LogP contribution in [0, 0.1) is 0 Å². The Balaban J connectivity index is 2.35. The van der Waals surface area contributed by atoms with Gasteiger partial charge in [-0.2, -0.15) is 0 Å². The van der Waals surface area contributed by atoms with Crippen molar-refractivity contribution in [3.05, 3.63) is 24.3 Å². The van der Waals surface area contributed by atoms with E-state index in [1.807, 2.05) is 0 Å². The van der Waals surface area contributed by atoms with Crippen molar-refractivity contribution in [2.24, 2.45) is 0 Å². The molecule has 0 aromatic heterocycles. The highest BCUT2D eigenvalue weighted by atomic mass is 32.2. The van der Waals surface area contributed by atoms with Crippen LogP contribution in [0.5, 0.6) is 5.75 Å². The van der Waals surface area contributed by atoms with E-state index in [2.05, 4.69) is 5.32 Å². The Morgan fingerprint density at radius 2 is 1.89 bits per heavy atom. The van der Waals surface area contributed by atoms with E-state index in [0.717, 1.165) is 0 Å². The van der Waals surface area contributed by atoms with Gasteiger partial charge in [0.1, 0.15) is 11.4 Å². The second-order valence-corrected chi connectivity index (χ2v) is 6.54. The summed E-state index contributed by atoms with van der Waals surface area (Å²) in [5.41, 5.74) is -0.541. The van der Waals surface area contributed by atoms with Gasteiger partial charge < -0.3 is 15.2 Å². The number of carbonyl (C=O) groups is 1. The highest BCUT2D eigenvalue weighted by Crippen LogP contribution is 2.12. The lowest BCUT2D eigenvalue weighted by Crippen LogP contribution is -2.34. The summed E-state index contributed by atoms with van der Waals surface area (Å²) in [4.78, 5) is 12.0. The largest absolute Gasteiger partial charge is 0.508 e. The maximum Gasteiger partial charge on any atom is 0.407 e. The molecule has 0 saturated carbocycles. The molecule has 6 heteroatoms. The molecule has 0 heterocycles. The normalized spacial score (nSPS) is 12.8. The summed E-state index contributed by atoms with van der Waals surface area (Å²) >= 11 is 0. The molecule has 0 saturated heterocycles. The van der Waals surface area contributed by atoms with Crippen LogP contribution in [0.2, 0.25) is 0 Å². The van der Waals surface area contributed by atoms with Crippen molar-refractivity contribution in [3.8, 4) is 5.75 Å². The Kier molecular flexibility index (Phi) is 5.35. The zero-order valence-corrected chi connectivity index (χ0v) is 12.1. The SMILES string of the molecule is CC(C)(C)OC(=O)NCCS(=O)c1ccc(O)cc1. The average Bonchev–Trinajstić information content (AvgIpc) is 2.27. The first kappa shape index (κ1) is 15.5. The molecule has 0 radical (unpaired) electrons. The number of benzene rings is 1. The van der Waals surface area contributed by atoms with Gasteiger partial charge >= 0.3 is 6.09 Å². The summed E-state index contributed by atoms with van der Waals surface area (Å²) in [7, 11) is -1.21. The Hall–Kier alpha value is -1.56. The number of alkyl carbamates (subject to hydrolysis) is 1. The maximum absolute atomic E-state index is 11.9. The van der Waals surface area contributed by atoms with Crippen LogP contribution in [0.1, 0.15) is 20.8 Å². The number of phenols is 1. The fourth-order valence-electron chi connectivity index (χ4n) is 1.28. The molecule has 5 nitrogen and oxygen atoms in total. The zero-order valence-electron chi connectivity index (χ0n) is 11.3. The fourth-order valence-corrected chi connectivity index (χ4v) is 2.24. The van der Waals surface area contributed by atoms with E-state index < -0.39 is 22.5 Å². The van der Waals surface area contributed by atoms with Gasteiger partial charge in [0, 0.05) is 17.2 Å². The molecule has 1 aromatic rings. The zero-order chi connectivity index (χ0) is 14.5. The molecule has 0 aliphatic carbocycles. The molecule has 19 heavy (non-hydrogen) atoms. The monoisotopic (exact) mass is 285 g/mol. The lowest BCUT2D eigenvalue weighted by Gasteiger charge is -2.19. The third kappa shape index (κ3) is 6.24. The molecule has 0 bridgehead atoms.